The van der Waals surface area contributed by atoms with E-state index in [1.807, 2.05) is 12.1 Å². The Hall–Kier alpha value is -1.31. The minimum Gasteiger partial charge on any atom is -0.489 e. The summed E-state index contributed by atoms with van der Waals surface area (Å²) in [6, 6.07) is 8.25. The van der Waals surface area contributed by atoms with Crippen LogP contribution >= 0.6 is 0 Å². The van der Waals surface area contributed by atoms with E-state index < -0.39 is 0 Å². The van der Waals surface area contributed by atoms with Crippen LogP contribution in [-0.4, -0.2) is 11.9 Å². The highest BCUT2D eigenvalue weighted by Gasteiger charge is 2.55. The van der Waals surface area contributed by atoms with E-state index >= 15 is 0 Å². The van der Waals surface area contributed by atoms with Gasteiger partial charge in [-0.05, 0) is 30.9 Å². The summed E-state index contributed by atoms with van der Waals surface area (Å²) >= 11 is 0. The van der Waals surface area contributed by atoms with Gasteiger partial charge in [-0.25, -0.2) is 0 Å². The summed E-state index contributed by atoms with van der Waals surface area (Å²) in [6.45, 7) is 2.15. The van der Waals surface area contributed by atoms with Gasteiger partial charge in [0.25, 0.3) is 0 Å². The third-order valence-corrected chi connectivity index (χ3v) is 5.16. The highest BCUT2D eigenvalue weighted by atomic mass is 16.5. The summed E-state index contributed by atoms with van der Waals surface area (Å²) in [5.74, 6) is 1.43. The van der Waals surface area contributed by atoms with E-state index in [0.29, 0.717) is 12.2 Å². The van der Waals surface area contributed by atoms with Gasteiger partial charge >= 0.3 is 0 Å². The topological polar surface area (TPSA) is 26.3 Å². The standard InChI is InChI=1S/C18H24O2/c1-2-14-9-5-6-10-15(14)20-17-13-16(19)18(17)11-7-3-4-8-12-18/h5-6,9-10,17H,2-4,7-8,11-13H2,1H3. The van der Waals surface area contributed by atoms with Gasteiger partial charge in [0.05, 0.1) is 5.41 Å². The number of Topliss-reactive ketones (excluding diaryl/α,β-unsaturated/α-hetero) is 1. The molecule has 0 heterocycles. The minimum absolute atomic E-state index is 0.112. The molecule has 2 saturated carbocycles. The number of benzene rings is 1. The molecule has 2 aliphatic carbocycles. The minimum atomic E-state index is -0.155. The van der Waals surface area contributed by atoms with Gasteiger partial charge in [-0.15, -0.1) is 0 Å². The number of carbonyl (C=O) groups excluding carboxylic acids is 1. The summed E-state index contributed by atoms with van der Waals surface area (Å²) in [7, 11) is 0. The second-order valence-corrected chi connectivity index (χ2v) is 6.27. The zero-order valence-corrected chi connectivity index (χ0v) is 12.4. The van der Waals surface area contributed by atoms with Crippen LogP contribution < -0.4 is 4.74 Å². The monoisotopic (exact) mass is 272 g/mol. The van der Waals surface area contributed by atoms with Crippen molar-refractivity contribution in [1.29, 1.82) is 0 Å². The van der Waals surface area contributed by atoms with Crippen molar-refractivity contribution in [1.82, 2.24) is 0 Å². The number of hydrogen-bond acceptors (Lipinski definition) is 2. The van der Waals surface area contributed by atoms with Gasteiger partial charge in [-0.1, -0.05) is 50.8 Å². The molecule has 1 aromatic carbocycles. The van der Waals surface area contributed by atoms with Crippen LogP contribution in [-0.2, 0) is 11.2 Å². The van der Waals surface area contributed by atoms with Crippen molar-refractivity contribution in [2.24, 2.45) is 5.41 Å². The summed E-state index contributed by atoms with van der Waals surface area (Å²) in [5, 5.41) is 0. The Bertz CT molecular complexity index is 484. The van der Waals surface area contributed by atoms with Gasteiger partial charge in [-0.3, -0.25) is 4.79 Å². The predicted molar refractivity (Wildman–Crippen MR) is 80.0 cm³/mol. The van der Waals surface area contributed by atoms with Crippen molar-refractivity contribution in [3.8, 4) is 5.75 Å². The van der Waals surface area contributed by atoms with Crippen molar-refractivity contribution >= 4 is 5.78 Å². The first-order valence-corrected chi connectivity index (χ1v) is 8.04. The van der Waals surface area contributed by atoms with Crippen LogP contribution in [0.5, 0.6) is 5.75 Å². The van der Waals surface area contributed by atoms with E-state index in [-0.39, 0.29) is 11.5 Å². The fraction of sp³-hybridized carbons (Fsp3) is 0.611. The molecule has 1 unspecified atom stereocenters. The van der Waals surface area contributed by atoms with E-state index in [4.69, 9.17) is 4.74 Å². The predicted octanol–water partition coefficient (Wildman–Crippen LogP) is 4.31. The van der Waals surface area contributed by atoms with Crippen molar-refractivity contribution in [2.45, 2.75) is 64.4 Å². The number of ketones is 1. The van der Waals surface area contributed by atoms with E-state index in [2.05, 4.69) is 19.1 Å². The molecule has 2 fully saturated rings. The third kappa shape index (κ3) is 2.25. The molecule has 1 aromatic rings. The molecular formula is C18H24O2. The highest BCUT2D eigenvalue weighted by molar-refractivity contribution is 5.92. The molecule has 108 valence electrons. The first-order chi connectivity index (χ1) is 9.76. The molecule has 3 rings (SSSR count). The molecule has 0 bridgehead atoms. The Morgan fingerprint density at radius 3 is 2.50 bits per heavy atom. The Kier molecular flexibility index (Phi) is 3.82. The third-order valence-electron chi connectivity index (χ3n) is 5.16. The summed E-state index contributed by atoms with van der Waals surface area (Å²) < 4.78 is 6.27. The normalized spacial score (nSPS) is 25.1. The van der Waals surface area contributed by atoms with Gasteiger partial charge in [0.1, 0.15) is 17.6 Å². The lowest BCUT2D eigenvalue weighted by Crippen LogP contribution is -2.56. The molecule has 1 atom stereocenters. The number of rotatable bonds is 3. The lowest BCUT2D eigenvalue weighted by Gasteiger charge is -2.47. The smallest absolute Gasteiger partial charge is 0.146 e. The quantitative estimate of drug-likeness (QED) is 0.819. The Morgan fingerprint density at radius 2 is 1.85 bits per heavy atom. The average Bonchev–Trinajstić information content (AvgIpc) is 2.75. The molecule has 0 aromatic heterocycles. The fourth-order valence-corrected chi connectivity index (χ4v) is 3.79. The van der Waals surface area contributed by atoms with Crippen LogP contribution in [0.3, 0.4) is 0 Å². The number of carbonyl (C=O) groups is 1. The summed E-state index contributed by atoms with van der Waals surface area (Å²) in [6.07, 6.45) is 8.67. The molecule has 0 radical (unpaired) electrons. The van der Waals surface area contributed by atoms with Crippen LogP contribution in [0.1, 0.15) is 57.4 Å². The van der Waals surface area contributed by atoms with E-state index in [1.165, 1.54) is 31.2 Å². The number of aryl methyl sites for hydroxylation is 1. The molecule has 2 heteroatoms. The van der Waals surface area contributed by atoms with Crippen LogP contribution in [0.4, 0.5) is 0 Å². The van der Waals surface area contributed by atoms with Gasteiger partial charge in [0.15, 0.2) is 0 Å². The Morgan fingerprint density at radius 1 is 1.15 bits per heavy atom. The van der Waals surface area contributed by atoms with Crippen LogP contribution in [0, 0.1) is 5.41 Å². The zero-order valence-electron chi connectivity index (χ0n) is 12.4. The second kappa shape index (κ2) is 5.59. The second-order valence-electron chi connectivity index (χ2n) is 6.27. The fourth-order valence-electron chi connectivity index (χ4n) is 3.79. The molecule has 2 nitrogen and oxygen atoms in total. The lowest BCUT2D eigenvalue weighted by molar-refractivity contribution is -0.154. The first-order valence-electron chi connectivity index (χ1n) is 8.04. The van der Waals surface area contributed by atoms with Crippen molar-refractivity contribution in [3.05, 3.63) is 29.8 Å². The van der Waals surface area contributed by atoms with Gasteiger partial charge < -0.3 is 4.74 Å². The van der Waals surface area contributed by atoms with Crippen LogP contribution in [0.15, 0.2) is 24.3 Å². The van der Waals surface area contributed by atoms with Crippen LogP contribution in [0.25, 0.3) is 0 Å². The average molecular weight is 272 g/mol. The lowest BCUT2D eigenvalue weighted by atomic mass is 9.60. The largest absolute Gasteiger partial charge is 0.489 e. The van der Waals surface area contributed by atoms with E-state index in [0.717, 1.165) is 25.0 Å². The summed E-state index contributed by atoms with van der Waals surface area (Å²) in [5.41, 5.74) is 1.09. The molecule has 1 spiro atoms. The maximum atomic E-state index is 12.2. The van der Waals surface area contributed by atoms with E-state index in [1.54, 1.807) is 0 Å². The maximum Gasteiger partial charge on any atom is 0.146 e. The maximum absolute atomic E-state index is 12.2. The first kappa shape index (κ1) is 13.7. The zero-order chi connectivity index (χ0) is 14.0. The Labute approximate surface area is 121 Å². The van der Waals surface area contributed by atoms with Crippen molar-refractivity contribution in [3.63, 3.8) is 0 Å². The molecule has 0 N–H and O–H groups in total. The van der Waals surface area contributed by atoms with Gasteiger partial charge in [0, 0.05) is 6.42 Å². The van der Waals surface area contributed by atoms with Crippen molar-refractivity contribution in [2.75, 3.05) is 0 Å². The molecular weight excluding hydrogens is 248 g/mol. The molecule has 20 heavy (non-hydrogen) atoms. The highest BCUT2D eigenvalue weighted by Crippen LogP contribution is 2.49. The van der Waals surface area contributed by atoms with Crippen molar-refractivity contribution < 1.29 is 9.53 Å². The van der Waals surface area contributed by atoms with Gasteiger partial charge in [-0.2, -0.15) is 0 Å². The number of hydrogen-bond donors (Lipinski definition) is 0. The SMILES string of the molecule is CCc1ccccc1OC1CC(=O)C12CCCCCC2. The summed E-state index contributed by atoms with van der Waals surface area (Å²) in [4.78, 5) is 12.2. The Balaban J connectivity index is 1.78. The molecule has 0 saturated heterocycles. The molecule has 2 aliphatic rings. The van der Waals surface area contributed by atoms with Gasteiger partial charge in [0.2, 0.25) is 0 Å². The van der Waals surface area contributed by atoms with Crippen LogP contribution in [0.2, 0.25) is 0 Å². The van der Waals surface area contributed by atoms with E-state index in [9.17, 15) is 4.79 Å². The number of ether oxygens (including phenoxy) is 1. The molecule has 0 amide bonds. The number of para-hydroxylation sites is 1. The molecule has 0 aliphatic heterocycles.